The third-order valence-corrected chi connectivity index (χ3v) is 5.73. The average Bonchev–Trinajstić information content (AvgIpc) is 3.09. The van der Waals surface area contributed by atoms with Gasteiger partial charge < -0.3 is 9.88 Å². The van der Waals surface area contributed by atoms with Crippen LogP contribution in [0.25, 0.3) is 10.2 Å². The lowest BCUT2D eigenvalue weighted by Crippen LogP contribution is -2.26. The second-order valence-corrected chi connectivity index (χ2v) is 7.47. The van der Waals surface area contributed by atoms with Gasteiger partial charge in [-0.2, -0.15) is 0 Å². The summed E-state index contributed by atoms with van der Waals surface area (Å²) in [4.78, 5) is 11.6. The summed E-state index contributed by atoms with van der Waals surface area (Å²) in [6, 6.07) is 0. The summed E-state index contributed by atoms with van der Waals surface area (Å²) in [5.41, 5.74) is 1.29. The van der Waals surface area contributed by atoms with Gasteiger partial charge in [-0.15, -0.1) is 21.5 Å². The highest BCUT2D eigenvalue weighted by atomic mass is 32.1. The van der Waals surface area contributed by atoms with Crippen molar-refractivity contribution in [2.75, 3.05) is 11.9 Å². The van der Waals surface area contributed by atoms with Crippen molar-refractivity contribution in [1.82, 2.24) is 24.7 Å². The highest BCUT2D eigenvalue weighted by Crippen LogP contribution is 2.33. The van der Waals surface area contributed by atoms with Crippen LogP contribution in [0.3, 0.4) is 0 Å². The van der Waals surface area contributed by atoms with Gasteiger partial charge >= 0.3 is 0 Å². The maximum atomic E-state index is 4.65. The lowest BCUT2D eigenvalue weighted by molar-refractivity contribution is 0.381. The zero-order chi connectivity index (χ0) is 16.0. The maximum absolute atomic E-state index is 4.65. The minimum atomic E-state index is 0.573. The number of fused-ring (bicyclic) bond motifs is 2. The lowest BCUT2D eigenvalue weighted by Gasteiger charge is -2.23. The SMILES string of the molecule is Cc1nc(NCC2CCc3nncn3C2)c2c(C)c(C)sc2n1. The van der Waals surface area contributed by atoms with Crippen LogP contribution in [0.4, 0.5) is 5.82 Å². The van der Waals surface area contributed by atoms with Crippen LogP contribution < -0.4 is 5.32 Å². The molecule has 1 aliphatic rings. The van der Waals surface area contributed by atoms with E-state index in [4.69, 9.17) is 0 Å². The van der Waals surface area contributed by atoms with Gasteiger partial charge in [0.25, 0.3) is 0 Å². The molecule has 23 heavy (non-hydrogen) atoms. The quantitative estimate of drug-likeness (QED) is 0.800. The predicted octanol–water partition coefficient (Wildman–Crippen LogP) is 2.88. The lowest BCUT2D eigenvalue weighted by atomic mass is 9.99. The van der Waals surface area contributed by atoms with E-state index in [1.54, 1.807) is 11.3 Å². The molecular formula is C16H20N6S. The largest absolute Gasteiger partial charge is 0.369 e. The second kappa shape index (κ2) is 5.56. The molecular weight excluding hydrogens is 308 g/mol. The molecule has 4 heterocycles. The first-order valence-electron chi connectivity index (χ1n) is 7.96. The van der Waals surface area contributed by atoms with E-state index in [0.717, 1.165) is 48.2 Å². The van der Waals surface area contributed by atoms with Gasteiger partial charge in [-0.05, 0) is 38.7 Å². The first-order valence-corrected chi connectivity index (χ1v) is 8.78. The first-order chi connectivity index (χ1) is 11.1. The maximum Gasteiger partial charge on any atom is 0.138 e. The third-order valence-electron chi connectivity index (χ3n) is 4.63. The van der Waals surface area contributed by atoms with E-state index in [1.165, 1.54) is 15.8 Å². The van der Waals surface area contributed by atoms with Gasteiger partial charge in [0, 0.05) is 24.4 Å². The van der Waals surface area contributed by atoms with E-state index in [9.17, 15) is 0 Å². The van der Waals surface area contributed by atoms with Crippen molar-refractivity contribution in [3.05, 3.63) is 28.4 Å². The highest BCUT2D eigenvalue weighted by molar-refractivity contribution is 7.18. The molecule has 0 fully saturated rings. The van der Waals surface area contributed by atoms with Gasteiger partial charge in [0.15, 0.2) is 0 Å². The molecule has 0 aromatic carbocycles. The van der Waals surface area contributed by atoms with E-state index < -0.39 is 0 Å². The summed E-state index contributed by atoms with van der Waals surface area (Å²) in [5, 5.41) is 12.9. The minimum absolute atomic E-state index is 0.573. The van der Waals surface area contributed by atoms with Crippen LogP contribution in [-0.4, -0.2) is 31.3 Å². The molecule has 1 atom stereocenters. The van der Waals surface area contributed by atoms with Crippen LogP contribution >= 0.6 is 11.3 Å². The molecule has 0 spiro atoms. The Kier molecular flexibility index (Phi) is 3.52. The molecule has 0 amide bonds. The molecule has 0 saturated carbocycles. The number of hydrogen-bond donors (Lipinski definition) is 1. The summed E-state index contributed by atoms with van der Waals surface area (Å²) in [7, 11) is 0. The summed E-state index contributed by atoms with van der Waals surface area (Å²) < 4.78 is 2.16. The number of nitrogens with one attached hydrogen (secondary N) is 1. The molecule has 6 nitrogen and oxygen atoms in total. The van der Waals surface area contributed by atoms with Crippen molar-refractivity contribution in [2.24, 2.45) is 5.92 Å². The summed E-state index contributed by atoms with van der Waals surface area (Å²) >= 11 is 1.75. The van der Waals surface area contributed by atoms with E-state index in [-0.39, 0.29) is 0 Å². The van der Waals surface area contributed by atoms with Crippen molar-refractivity contribution in [3.8, 4) is 0 Å². The fourth-order valence-corrected chi connectivity index (χ4v) is 4.29. The Labute approximate surface area is 139 Å². The van der Waals surface area contributed by atoms with Gasteiger partial charge in [-0.25, -0.2) is 9.97 Å². The van der Waals surface area contributed by atoms with Crippen molar-refractivity contribution in [1.29, 1.82) is 0 Å². The van der Waals surface area contributed by atoms with Crippen molar-refractivity contribution in [2.45, 2.75) is 40.2 Å². The molecule has 0 saturated heterocycles. The van der Waals surface area contributed by atoms with Gasteiger partial charge in [0.05, 0.1) is 5.39 Å². The van der Waals surface area contributed by atoms with E-state index in [0.29, 0.717) is 5.92 Å². The van der Waals surface area contributed by atoms with Gasteiger partial charge in [-0.3, -0.25) is 0 Å². The van der Waals surface area contributed by atoms with E-state index >= 15 is 0 Å². The number of anilines is 1. The number of thiophene rings is 1. The Morgan fingerprint density at radius 2 is 2.17 bits per heavy atom. The molecule has 4 rings (SSSR count). The van der Waals surface area contributed by atoms with Gasteiger partial charge in [0.2, 0.25) is 0 Å². The Bertz CT molecular complexity index is 865. The molecule has 0 radical (unpaired) electrons. The predicted molar refractivity (Wildman–Crippen MR) is 91.9 cm³/mol. The average molecular weight is 328 g/mol. The Morgan fingerprint density at radius 1 is 1.30 bits per heavy atom. The molecule has 0 bridgehead atoms. The van der Waals surface area contributed by atoms with Crippen LogP contribution in [-0.2, 0) is 13.0 Å². The Balaban J connectivity index is 1.56. The third kappa shape index (κ3) is 2.59. The van der Waals surface area contributed by atoms with Crippen LogP contribution in [0, 0.1) is 26.7 Å². The van der Waals surface area contributed by atoms with Gasteiger partial charge in [-0.1, -0.05) is 0 Å². The van der Waals surface area contributed by atoms with Crippen LogP contribution in [0.5, 0.6) is 0 Å². The van der Waals surface area contributed by atoms with Crippen LogP contribution in [0.2, 0.25) is 0 Å². The summed E-state index contributed by atoms with van der Waals surface area (Å²) in [5.74, 6) is 3.48. The zero-order valence-electron chi connectivity index (χ0n) is 13.6. The van der Waals surface area contributed by atoms with Gasteiger partial charge in [0.1, 0.15) is 28.6 Å². The topological polar surface area (TPSA) is 68.5 Å². The fraction of sp³-hybridized carbons (Fsp3) is 0.500. The van der Waals surface area contributed by atoms with E-state index in [2.05, 4.69) is 43.9 Å². The minimum Gasteiger partial charge on any atom is -0.369 e. The monoisotopic (exact) mass is 328 g/mol. The Hall–Kier alpha value is -2.02. The molecule has 3 aromatic heterocycles. The van der Waals surface area contributed by atoms with Crippen molar-refractivity contribution < 1.29 is 0 Å². The number of rotatable bonds is 3. The number of aromatic nitrogens is 5. The fourth-order valence-electron chi connectivity index (χ4n) is 3.22. The molecule has 1 aliphatic heterocycles. The first kappa shape index (κ1) is 14.6. The standard InChI is InChI=1S/C16H20N6S/c1-9-10(2)23-16-14(9)15(19-11(3)20-16)17-6-12-4-5-13-21-18-8-22(13)7-12/h8,12H,4-7H2,1-3H3,(H,17,19,20). The smallest absolute Gasteiger partial charge is 0.138 e. The van der Waals surface area contributed by atoms with E-state index in [1.807, 2.05) is 13.3 Å². The summed E-state index contributed by atoms with van der Waals surface area (Å²) in [6.45, 7) is 8.15. The second-order valence-electron chi connectivity index (χ2n) is 6.27. The van der Waals surface area contributed by atoms with Crippen molar-refractivity contribution >= 4 is 27.4 Å². The van der Waals surface area contributed by atoms with Crippen LogP contribution in [0.1, 0.15) is 28.5 Å². The van der Waals surface area contributed by atoms with Crippen LogP contribution in [0.15, 0.2) is 6.33 Å². The number of hydrogen-bond acceptors (Lipinski definition) is 6. The number of aryl methyl sites for hydroxylation is 4. The molecule has 1 unspecified atom stereocenters. The molecule has 1 N–H and O–H groups in total. The molecule has 7 heteroatoms. The molecule has 120 valence electrons. The number of nitrogens with zero attached hydrogens (tertiary/aromatic N) is 5. The molecule has 0 aliphatic carbocycles. The summed E-state index contributed by atoms with van der Waals surface area (Å²) in [6.07, 6.45) is 3.97. The normalized spacial score (nSPS) is 17.4. The van der Waals surface area contributed by atoms with Crippen molar-refractivity contribution in [3.63, 3.8) is 0 Å². The zero-order valence-corrected chi connectivity index (χ0v) is 14.4. The highest BCUT2D eigenvalue weighted by Gasteiger charge is 2.20. The Morgan fingerprint density at radius 3 is 3.04 bits per heavy atom. The molecule has 3 aromatic rings.